The van der Waals surface area contributed by atoms with Crippen molar-refractivity contribution in [3.63, 3.8) is 0 Å². The molecule has 130 valence electrons. The van der Waals surface area contributed by atoms with Crippen LogP contribution in [0.1, 0.15) is 33.8 Å². The van der Waals surface area contributed by atoms with Gasteiger partial charge in [-0.15, -0.1) is 11.3 Å². The van der Waals surface area contributed by atoms with Gasteiger partial charge in [0.2, 0.25) is 0 Å². The third-order valence-corrected chi connectivity index (χ3v) is 5.61. The molecular formula is C20H20FNO2S. The average Bonchev–Trinajstić information content (AvgIpc) is 3.01. The number of halogens is 1. The second-order valence-corrected chi connectivity index (χ2v) is 7.01. The Labute approximate surface area is 150 Å². The Kier molecular flexibility index (Phi) is 5.16. The lowest BCUT2D eigenvalue weighted by molar-refractivity contribution is 0.0743. The number of rotatable bonds is 5. The Hall–Kier alpha value is -2.24. The summed E-state index contributed by atoms with van der Waals surface area (Å²) >= 11 is 1.32. The number of carbonyl (C=O) groups is 1. The van der Waals surface area contributed by atoms with Crippen molar-refractivity contribution in [2.24, 2.45) is 0 Å². The molecule has 0 unspecified atom stereocenters. The monoisotopic (exact) mass is 357 g/mol. The molecule has 1 aromatic heterocycles. The highest BCUT2D eigenvalue weighted by molar-refractivity contribution is 7.21. The molecule has 0 saturated carbocycles. The Morgan fingerprint density at radius 2 is 1.92 bits per heavy atom. The number of nitrogens with zero attached hydrogens (tertiary/aromatic N) is 1. The van der Waals surface area contributed by atoms with Crippen LogP contribution in [0.15, 0.2) is 48.5 Å². The van der Waals surface area contributed by atoms with Crippen LogP contribution in [0.4, 0.5) is 4.39 Å². The highest BCUT2D eigenvalue weighted by atomic mass is 32.1. The Morgan fingerprint density at radius 1 is 1.20 bits per heavy atom. The molecule has 0 aliphatic heterocycles. The minimum absolute atomic E-state index is 0.0841. The molecule has 3 nitrogen and oxygen atoms in total. The smallest absolute Gasteiger partial charge is 0.264 e. The van der Waals surface area contributed by atoms with Crippen molar-refractivity contribution in [2.45, 2.75) is 19.6 Å². The third-order valence-electron chi connectivity index (χ3n) is 4.43. The van der Waals surface area contributed by atoms with E-state index in [1.54, 1.807) is 25.1 Å². The van der Waals surface area contributed by atoms with E-state index >= 15 is 0 Å². The van der Waals surface area contributed by atoms with Crippen LogP contribution >= 0.6 is 11.3 Å². The molecule has 3 rings (SSSR count). The van der Waals surface area contributed by atoms with Gasteiger partial charge in [-0.05, 0) is 24.6 Å². The molecule has 2 aromatic carbocycles. The number of hydrogen-bond acceptors (Lipinski definition) is 3. The zero-order valence-electron chi connectivity index (χ0n) is 14.5. The van der Waals surface area contributed by atoms with Crippen LogP contribution in [-0.2, 0) is 11.3 Å². The van der Waals surface area contributed by atoms with E-state index in [9.17, 15) is 9.18 Å². The molecule has 1 amide bonds. The van der Waals surface area contributed by atoms with Crippen LogP contribution in [0.3, 0.4) is 0 Å². The second-order valence-electron chi connectivity index (χ2n) is 5.96. The molecule has 0 radical (unpaired) electrons. The van der Waals surface area contributed by atoms with Gasteiger partial charge in [0.15, 0.2) is 0 Å². The molecule has 0 spiro atoms. The number of carbonyl (C=O) groups excluding carboxylic acids is 1. The molecule has 3 aromatic rings. The van der Waals surface area contributed by atoms with Crippen molar-refractivity contribution in [3.8, 4) is 0 Å². The zero-order valence-corrected chi connectivity index (χ0v) is 15.3. The van der Waals surface area contributed by atoms with Crippen molar-refractivity contribution < 1.29 is 13.9 Å². The minimum atomic E-state index is -0.321. The van der Waals surface area contributed by atoms with Crippen LogP contribution in [0.25, 0.3) is 10.1 Å². The topological polar surface area (TPSA) is 29.5 Å². The summed E-state index contributed by atoms with van der Waals surface area (Å²) in [7, 11) is 3.33. The van der Waals surface area contributed by atoms with Crippen LogP contribution in [0, 0.1) is 5.82 Å². The molecule has 0 fully saturated rings. The predicted octanol–water partition coefficient (Wildman–Crippen LogP) is 5.02. The number of methoxy groups -OCH3 is 1. The number of ether oxygens (including phenoxy) is 1. The zero-order chi connectivity index (χ0) is 18.0. The third kappa shape index (κ3) is 3.30. The summed E-state index contributed by atoms with van der Waals surface area (Å²) in [6.45, 7) is 2.19. The number of thiophene rings is 1. The summed E-state index contributed by atoms with van der Waals surface area (Å²) in [5.41, 5.74) is 1.68. The lowest BCUT2D eigenvalue weighted by Crippen LogP contribution is -2.29. The van der Waals surface area contributed by atoms with Crippen molar-refractivity contribution in [3.05, 3.63) is 70.4 Å². The van der Waals surface area contributed by atoms with Gasteiger partial charge in [-0.25, -0.2) is 4.39 Å². The first-order chi connectivity index (χ1) is 12.0. The quantitative estimate of drug-likeness (QED) is 0.642. The summed E-state index contributed by atoms with van der Waals surface area (Å²) in [6.07, 6.45) is 0. The highest BCUT2D eigenvalue weighted by Crippen LogP contribution is 2.35. The van der Waals surface area contributed by atoms with Gasteiger partial charge in [-0.1, -0.05) is 36.4 Å². The number of hydrogen-bond donors (Lipinski definition) is 0. The fourth-order valence-corrected chi connectivity index (χ4v) is 4.12. The lowest BCUT2D eigenvalue weighted by Gasteiger charge is -2.25. The molecule has 0 N–H and O–H groups in total. The maximum Gasteiger partial charge on any atom is 0.264 e. The van der Waals surface area contributed by atoms with E-state index in [0.717, 1.165) is 10.3 Å². The summed E-state index contributed by atoms with van der Waals surface area (Å²) in [5.74, 6) is -0.442. The summed E-state index contributed by atoms with van der Waals surface area (Å²) in [4.78, 5) is 15.3. The first kappa shape index (κ1) is 17.6. The Bertz CT molecular complexity index is 891. The maximum atomic E-state index is 14.3. The first-order valence-corrected chi connectivity index (χ1v) is 8.87. The van der Waals surface area contributed by atoms with Gasteiger partial charge in [0.1, 0.15) is 5.82 Å². The first-order valence-electron chi connectivity index (χ1n) is 8.05. The van der Waals surface area contributed by atoms with Gasteiger partial charge < -0.3 is 9.64 Å². The van der Waals surface area contributed by atoms with Crippen LogP contribution in [0.2, 0.25) is 0 Å². The molecule has 0 aliphatic carbocycles. The van der Waals surface area contributed by atoms with Gasteiger partial charge in [0, 0.05) is 29.8 Å². The molecule has 1 heterocycles. The maximum absolute atomic E-state index is 14.3. The van der Waals surface area contributed by atoms with Crippen molar-refractivity contribution >= 4 is 27.3 Å². The van der Waals surface area contributed by atoms with Crippen molar-refractivity contribution in [1.82, 2.24) is 4.90 Å². The number of fused-ring (bicyclic) bond motifs is 1. The average molecular weight is 357 g/mol. The fraction of sp³-hybridized carbons (Fsp3) is 0.250. The van der Waals surface area contributed by atoms with E-state index in [4.69, 9.17) is 4.74 Å². The van der Waals surface area contributed by atoms with Crippen LogP contribution in [-0.4, -0.2) is 25.0 Å². The van der Waals surface area contributed by atoms with Gasteiger partial charge in [-0.2, -0.15) is 0 Å². The van der Waals surface area contributed by atoms with Gasteiger partial charge in [0.25, 0.3) is 5.91 Å². The summed E-state index contributed by atoms with van der Waals surface area (Å²) in [5, 5.41) is 0.485. The van der Waals surface area contributed by atoms with E-state index in [0.29, 0.717) is 15.8 Å². The SMILES string of the molecule is COCc1c(C(=O)N(C)[C@H](C)c2ccccc2)sc2cccc(F)c12. The number of amides is 1. The van der Waals surface area contributed by atoms with Crippen molar-refractivity contribution in [2.75, 3.05) is 14.2 Å². The number of benzene rings is 2. The predicted molar refractivity (Wildman–Crippen MR) is 99.4 cm³/mol. The van der Waals surface area contributed by atoms with E-state index in [2.05, 4.69) is 0 Å². The second kappa shape index (κ2) is 7.33. The molecule has 0 bridgehead atoms. The van der Waals surface area contributed by atoms with E-state index in [1.807, 2.05) is 43.3 Å². The largest absolute Gasteiger partial charge is 0.380 e. The van der Waals surface area contributed by atoms with Crippen LogP contribution < -0.4 is 0 Å². The van der Waals surface area contributed by atoms with Gasteiger partial charge >= 0.3 is 0 Å². The normalized spacial score (nSPS) is 12.3. The van der Waals surface area contributed by atoms with Gasteiger partial charge in [-0.3, -0.25) is 4.79 Å². The van der Waals surface area contributed by atoms with E-state index in [-0.39, 0.29) is 24.4 Å². The lowest BCUT2D eigenvalue weighted by atomic mass is 10.1. The molecule has 5 heteroatoms. The van der Waals surface area contributed by atoms with E-state index < -0.39 is 0 Å². The standard InChI is InChI=1S/C20H20FNO2S/c1-13(14-8-5-4-6-9-14)22(2)20(23)19-15(12-24-3)18-16(21)10-7-11-17(18)25-19/h4-11,13H,12H2,1-3H3/t13-/m1/s1. The molecule has 1 atom stereocenters. The molecular weight excluding hydrogens is 337 g/mol. The molecule has 0 saturated heterocycles. The fourth-order valence-electron chi connectivity index (χ4n) is 2.91. The summed E-state index contributed by atoms with van der Waals surface area (Å²) in [6, 6.07) is 14.7. The minimum Gasteiger partial charge on any atom is -0.380 e. The molecule has 25 heavy (non-hydrogen) atoms. The molecule has 0 aliphatic rings. The Balaban J connectivity index is 2.02. The Morgan fingerprint density at radius 3 is 2.60 bits per heavy atom. The van der Waals surface area contributed by atoms with Gasteiger partial charge in [0.05, 0.1) is 17.5 Å². The van der Waals surface area contributed by atoms with Crippen LogP contribution in [0.5, 0.6) is 0 Å². The summed E-state index contributed by atoms with van der Waals surface area (Å²) < 4.78 is 20.3. The van der Waals surface area contributed by atoms with Crippen molar-refractivity contribution in [1.29, 1.82) is 0 Å². The van der Waals surface area contributed by atoms with E-state index in [1.165, 1.54) is 17.4 Å². The highest BCUT2D eigenvalue weighted by Gasteiger charge is 2.25.